The molecule has 28 heavy (non-hydrogen) atoms. The molecule has 2 amide bonds. The number of benzene rings is 2. The second kappa shape index (κ2) is 8.36. The number of carbonyl (C=O) groups is 2. The fourth-order valence-electron chi connectivity index (χ4n) is 3.46. The number of fused-ring (bicyclic) bond motifs is 1. The van der Waals surface area contributed by atoms with E-state index < -0.39 is 6.04 Å². The highest BCUT2D eigenvalue weighted by atomic mass is 35.5. The van der Waals surface area contributed by atoms with Crippen molar-refractivity contribution in [2.75, 3.05) is 13.1 Å². The fourth-order valence-corrected chi connectivity index (χ4v) is 3.69. The Balaban J connectivity index is 1.73. The minimum Gasteiger partial charge on any atom is -0.354 e. The van der Waals surface area contributed by atoms with Gasteiger partial charge >= 0.3 is 0 Å². The quantitative estimate of drug-likeness (QED) is 0.771. The van der Waals surface area contributed by atoms with Crippen LogP contribution in [0.4, 0.5) is 0 Å². The molecule has 148 valence electrons. The van der Waals surface area contributed by atoms with E-state index in [0.717, 1.165) is 17.5 Å². The van der Waals surface area contributed by atoms with Gasteiger partial charge in [0.15, 0.2) is 0 Å². The highest BCUT2D eigenvalue weighted by Crippen LogP contribution is 2.35. The van der Waals surface area contributed by atoms with Crippen molar-refractivity contribution in [3.63, 3.8) is 0 Å². The van der Waals surface area contributed by atoms with Crippen molar-refractivity contribution in [1.29, 1.82) is 0 Å². The molecule has 0 saturated carbocycles. The van der Waals surface area contributed by atoms with Crippen molar-refractivity contribution in [3.05, 3.63) is 70.2 Å². The number of halogens is 1. The zero-order chi connectivity index (χ0) is 20.3. The van der Waals surface area contributed by atoms with Crippen LogP contribution in [0.5, 0.6) is 0 Å². The number of carbonyl (C=O) groups excluding carboxylic acids is 2. The number of nitrogens with zero attached hydrogens (tertiary/aromatic N) is 1. The number of rotatable bonds is 6. The summed E-state index contributed by atoms with van der Waals surface area (Å²) in [7, 11) is 0. The maximum atomic E-state index is 13.0. The van der Waals surface area contributed by atoms with Gasteiger partial charge in [-0.2, -0.15) is 0 Å². The van der Waals surface area contributed by atoms with E-state index in [1.807, 2.05) is 42.5 Å². The average molecular weight is 399 g/mol. The predicted molar refractivity (Wildman–Crippen MR) is 112 cm³/mol. The average Bonchev–Trinajstić information content (AvgIpc) is 2.93. The zero-order valence-corrected chi connectivity index (χ0v) is 17.4. The van der Waals surface area contributed by atoms with Crippen molar-refractivity contribution in [2.45, 2.75) is 39.7 Å². The largest absolute Gasteiger partial charge is 0.354 e. The number of hydrogen-bond acceptors (Lipinski definition) is 2. The van der Waals surface area contributed by atoms with E-state index in [1.54, 1.807) is 11.0 Å². The molecule has 0 fully saturated rings. The minimum absolute atomic E-state index is 0.0638. The Bertz CT molecular complexity index is 873. The molecule has 1 N–H and O–H groups in total. The maximum Gasteiger partial charge on any atom is 0.255 e. The molecule has 1 aliphatic heterocycles. The molecule has 0 saturated heterocycles. The third-order valence-electron chi connectivity index (χ3n) is 5.06. The van der Waals surface area contributed by atoms with Crippen molar-refractivity contribution in [3.8, 4) is 0 Å². The van der Waals surface area contributed by atoms with Crippen molar-refractivity contribution >= 4 is 23.4 Å². The Morgan fingerprint density at radius 3 is 2.50 bits per heavy atom. The molecule has 0 aromatic heterocycles. The lowest BCUT2D eigenvalue weighted by Crippen LogP contribution is -2.41. The Hall–Kier alpha value is -2.33. The van der Waals surface area contributed by atoms with Gasteiger partial charge in [-0.05, 0) is 41.5 Å². The highest BCUT2D eigenvalue weighted by Gasteiger charge is 2.40. The number of amides is 2. The van der Waals surface area contributed by atoms with Gasteiger partial charge in [0, 0.05) is 23.7 Å². The molecular formula is C23H27ClN2O2. The first kappa shape index (κ1) is 20.4. The first-order valence-corrected chi connectivity index (χ1v) is 10.1. The van der Waals surface area contributed by atoms with Crippen molar-refractivity contribution < 1.29 is 9.59 Å². The normalized spacial score (nSPS) is 16.2. The van der Waals surface area contributed by atoms with Crippen molar-refractivity contribution in [1.82, 2.24) is 10.2 Å². The summed E-state index contributed by atoms with van der Waals surface area (Å²) in [6.07, 6.45) is 1.48. The van der Waals surface area contributed by atoms with Crippen molar-refractivity contribution in [2.24, 2.45) is 5.41 Å². The molecule has 5 heteroatoms. The molecule has 0 radical (unpaired) electrons. The van der Waals surface area contributed by atoms with Crippen LogP contribution in [0.1, 0.15) is 54.7 Å². The minimum atomic E-state index is -0.572. The van der Waals surface area contributed by atoms with Crippen LogP contribution in [0.25, 0.3) is 0 Å². The Morgan fingerprint density at radius 1 is 1.11 bits per heavy atom. The molecule has 4 nitrogen and oxygen atoms in total. The van der Waals surface area contributed by atoms with Gasteiger partial charge in [-0.25, -0.2) is 0 Å². The van der Waals surface area contributed by atoms with E-state index in [4.69, 9.17) is 11.6 Å². The van der Waals surface area contributed by atoms with Gasteiger partial charge in [0.05, 0.1) is 0 Å². The molecule has 0 spiro atoms. The molecular weight excluding hydrogens is 372 g/mol. The molecule has 2 aromatic rings. The van der Waals surface area contributed by atoms with E-state index in [-0.39, 0.29) is 17.2 Å². The monoisotopic (exact) mass is 398 g/mol. The van der Waals surface area contributed by atoms with Crippen LogP contribution >= 0.6 is 11.6 Å². The van der Waals surface area contributed by atoms with Crippen LogP contribution < -0.4 is 5.32 Å². The molecule has 0 aliphatic carbocycles. The molecule has 1 heterocycles. The summed E-state index contributed by atoms with van der Waals surface area (Å²) < 4.78 is 0. The third-order valence-corrected chi connectivity index (χ3v) is 5.43. The van der Waals surface area contributed by atoms with Crippen LogP contribution in [0.3, 0.4) is 0 Å². The van der Waals surface area contributed by atoms with Gasteiger partial charge in [-0.3, -0.25) is 9.59 Å². The van der Waals surface area contributed by atoms with Crippen LogP contribution in [0, 0.1) is 5.41 Å². The number of hydrogen-bond donors (Lipinski definition) is 1. The van der Waals surface area contributed by atoms with E-state index >= 15 is 0 Å². The lowest BCUT2D eigenvalue weighted by atomic mass is 9.92. The topological polar surface area (TPSA) is 49.4 Å². The van der Waals surface area contributed by atoms with Gasteiger partial charge in [0.25, 0.3) is 5.91 Å². The Kier molecular flexibility index (Phi) is 6.09. The summed E-state index contributed by atoms with van der Waals surface area (Å²) in [6.45, 7) is 7.44. The van der Waals surface area contributed by atoms with Gasteiger partial charge in [0.1, 0.15) is 6.04 Å². The SMILES string of the molecule is CC(C)(C)CCN1C(=O)c2ccccc2C1C(=O)NCCc1ccccc1Cl. The summed E-state index contributed by atoms with van der Waals surface area (Å²) in [5.41, 5.74) is 2.50. The summed E-state index contributed by atoms with van der Waals surface area (Å²) in [4.78, 5) is 27.6. The standard InChI is InChI=1S/C23H27ClN2O2/c1-23(2,3)13-15-26-20(17-9-5-6-10-18(17)22(26)28)21(27)25-14-12-16-8-4-7-11-19(16)24/h4-11,20H,12-15H2,1-3H3,(H,25,27). The van der Waals surface area contributed by atoms with Crippen LogP contribution in [-0.4, -0.2) is 29.8 Å². The molecule has 1 atom stereocenters. The van der Waals surface area contributed by atoms with Gasteiger partial charge < -0.3 is 10.2 Å². The second-order valence-corrected chi connectivity index (χ2v) is 8.84. The van der Waals surface area contributed by atoms with E-state index in [2.05, 4.69) is 26.1 Å². The van der Waals surface area contributed by atoms with Gasteiger partial charge in [-0.15, -0.1) is 0 Å². The van der Waals surface area contributed by atoms with Crippen LogP contribution in [0.2, 0.25) is 5.02 Å². The Morgan fingerprint density at radius 2 is 1.79 bits per heavy atom. The third kappa shape index (κ3) is 4.56. The lowest BCUT2D eigenvalue weighted by Gasteiger charge is -2.28. The zero-order valence-electron chi connectivity index (χ0n) is 16.7. The molecule has 3 rings (SSSR count). The molecule has 2 aromatic carbocycles. The predicted octanol–water partition coefficient (Wildman–Crippen LogP) is 4.63. The smallest absolute Gasteiger partial charge is 0.255 e. The summed E-state index contributed by atoms with van der Waals surface area (Å²) in [6, 6.07) is 14.5. The summed E-state index contributed by atoms with van der Waals surface area (Å²) >= 11 is 6.19. The Labute approximate surface area is 171 Å². The molecule has 1 aliphatic rings. The highest BCUT2D eigenvalue weighted by molar-refractivity contribution is 6.31. The van der Waals surface area contributed by atoms with Gasteiger partial charge in [0.2, 0.25) is 5.91 Å². The second-order valence-electron chi connectivity index (χ2n) is 8.43. The number of nitrogens with one attached hydrogen (secondary N) is 1. The fraction of sp³-hybridized carbons (Fsp3) is 0.391. The summed E-state index contributed by atoms with van der Waals surface area (Å²) in [5, 5.41) is 3.70. The van der Waals surface area contributed by atoms with Crippen LogP contribution in [0.15, 0.2) is 48.5 Å². The van der Waals surface area contributed by atoms with E-state index in [1.165, 1.54) is 0 Å². The lowest BCUT2D eigenvalue weighted by molar-refractivity contribution is -0.125. The maximum absolute atomic E-state index is 13.0. The summed E-state index contributed by atoms with van der Waals surface area (Å²) in [5.74, 6) is -0.203. The van der Waals surface area contributed by atoms with Crippen LogP contribution in [-0.2, 0) is 11.2 Å². The molecule has 0 bridgehead atoms. The van der Waals surface area contributed by atoms with E-state index in [9.17, 15) is 9.59 Å². The molecule has 1 unspecified atom stereocenters. The first-order valence-electron chi connectivity index (χ1n) is 9.69. The van der Waals surface area contributed by atoms with Gasteiger partial charge in [-0.1, -0.05) is 68.8 Å². The van der Waals surface area contributed by atoms with E-state index in [0.29, 0.717) is 30.1 Å². The first-order chi connectivity index (χ1) is 13.3.